The van der Waals surface area contributed by atoms with Gasteiger partial charge < -0.3 is 5.21 Å². The molecule has 5 heteroatoms. The normalized spacial score (nSPS) is 12.3. The highest BCUT2D eigenvalue weighted by atomic mass is 32.2. The zero-order valence-corrected chi connectivity index (χ0v) is 9.48. The SMILES string of the molecule is Cc1ncc[n+]([O-])c1S(=O)c1ccccc1. The largest absolute Gasteiger partial charge is 0.618 e. The molecule has 1 heterocycles. The van der Waals surface area contributed by atoms with E-state index in [1.54, 1.807) is 31.2 Å². The van der Waals surface area contributed by atoms with E-state index in [4.69, 9.17) is 0 Å². The van der Waals surface area contributed by atoms with Crippen LogP contribution in [0.25, 0.3) is 0 Å². The molecule has 0 bridgehead atoms. The van der Waals surface area contributed by atoms with Crippen molar-refractivity contribution < 1.29 is 8.94 Å². The summed E-state index contributed by atoms with van der Waals surface area (Å²) in [5.74, 6) is 0. The Labute approximate surface area is 95.6 Å². The highest BCUT2D eigenvalue weighted by molar-refractivity contribution is 7.85. The number of benzene rings is 1. The molecule has 0 fully saturated rings. The molecule has 0 aliphatic carbocycles. The summed E-state index contributed by atoms with van der Waals surface area (Å²) < 4.78 is 12.7. The van der Waals surface area contributed by atoms with Gasteiger partial charge in [0.1, 0.15) is 5.69 Å². The Kier molecular flexibility index (Phi) is 2.96. The van der Waals surface area contributed by atoms with Crippen molar-refractivity contribution in [1.82, 2.24) is 4.98 Å². The average Bonchev–Trinajstić information content (AvgIpc) is 2.30. The Balaban J connectivity index is 2.50. The van der Waals surface area contributed by atoms with Crippen molar-refractivity contribution >= 4 is 10.8 Å². The topological polar surface area (TPSA) is 56.9 Å². The molecular weight excluding hydrogens is 224 g/mol. The van der Waals surface area contributed by atoms with Crippen LogP contribution in [0.15, 0.2) is 52.6 Å². The molecule has 1 atom stereocenters. The predicted molar refractivity (Wildman–Crippen MR) is 59.1 cm³/mol. The van der Waals surface area contributed by atoms with Crippen LogP contribution < -0.4 is 4.73 Å². The summed E-state index contributed by atoms with van der Waals surface area (Å²) in [6.45, 7) is 1.67. The first-order valence-corrected chi connectivity index (χ1v) is 5.86. The van der Waals surface area contributed by atoms with Gasteiger partial charge in [-0.3, -0.25) is 0 Å². The van der Waals surface area contributed by atoms with Crippen molar-refractivity contribution in [2.45, 2.75) is 16.8 Å². The zero-order chi connectivity index (χ0) is 11.5. The minimum atomic E-state index is -1.48. The van der Waals surface area contributed by atoms with Crippen LogP contribution >= 0.6 is 0 Å². The second-order valence-corrected chi connectivity index (χ2v) is 4.62. The molecule has 0 saturated heterocycles. The fourth-order valence-corrected chi connectivity index (χ4v) is 2.53. The molecule has 1 aromatic carbocycles. The van der Waals surface area contributed by atoms with Crippen molar-refractivity contribution in [2.24, 2.45) is 0 Å². The van der Waals surface area contributed by atoms with Crippen LogP contribution in [0.1, 0.15) is 5.69 Å². The van der Waals surface area contributed by atoms with Gasteiger partial charge in [0, 0.05) is 4.90 Å². The Morgan fingerprint density at radius 1 is 1.31 bits per heavy atom. The van der Waals surface area contributed by atoms with Gasteiger partial charge in [0.05, 0.1) is 6.20 Å². The fourth-order valence-electron chi connectivity index (χ4n) is 1.36. The average molecular weight is 234 g/mol. The molecule has 16 heavy (non-hydrogen) atoms. The van der Waals surface area contributed by atoms with Gasteiger partial charge >= 0.3 is 5.03 Å². The summed E-state index contributed by atoms with van der Waals surface area (Å²) >= 11 is 0. The van der Waals surface area contributed by atoms with Gasteiger partial charge in [-0.25, -0.2) is 9.19 Å². The molecule has 0 saturated carbocycles. The minimum absolute atomic E-state index is 0.189. The lowest BCUT2D eigenvalue weighted by atomic mass is 10.4. The van der Waals surface area contributed by atoms with Crippen LogP contribution in [0.5, 0.6) is 0 Å². The van der Waals surface area contributed by atoms with Crippen LogP contribution in [-0.2, 0) is 10.8 Å². The molecule has 82 valence electrons. The van der Waals surface area contributed by atoms with Crippen LogP contribution in [-0.4, -0.2) is 9.19 Å². The second kappa shape index (κ2) is 4.40. The fraction of sp³-hybridized carbons (Fsp3) is 0.0909. The lowest BCUT2D eigenvalue weighted by Crippen LogP contribution is -2.33. The van der Waals surface area contributed by atoms with Crippen LogP contribution in [0, 0.1) is 12.1 Å². The van der Waals surface area contributed by atoms with E-state index in [1.807, 2.05) is 6.07 Å². The number of hydrogen-bond acceptors (Lipinski definition) is 3. The molecule has 0 aliphatic rings. The number of aromatic nitrogens is 2. The summed E-state index contributed by atoms with van der Waals surface area (Å²) in [6.07, 6.45) is 2.65. The lowest BCUT2D eigenvalue weighted by Gasteiger charge is -2.05. The van der Waals surface area contributed by atoms with Crippen LogP contribution in [0.4, 0.5) is 0 Å². The molecule has 1 aromatic heterocycles. The molecule has 2 aromatic rings. The predicted octanol–water partition coefficient (Wildman–Crippen LogP) is 1.19. The van der Waals surface area contributed by atoms with Crippen molar-refractivity contribution in [3.05, 3.63) is 53.6 Å². The summed E-state index contributed by atoms with van der Waals surface area (Å²) in [4.78, 5) is 4.57. The molecule has 0 spiro atoms. The van der Waals surface area contributed by atoms with Gasteiger partial charge in [-0.05, 0) is 19.1 Å². The second-order valence-electron chi connectivity index (χ2n) is 3.23. The number of aryl methyl sites for hydroxylation is 1. The molecule has 4 nitrogen and oxygen atoms in total. The lowest BCUT2D eigenvalue weighted by molar-refractivity contribution is -0.647. The van der Waals surface area contributed by atoms with Crippen molar-refractivity contribution in [3.63, 3.8) is 0 Å². The maximum absolute atomic E-state index is 12.1. The smallest absolute Gasteiger partial charge is 0.307 e. The van der Waals surface area contributed by atoms with E-state index >= 15 is 0 Å². The highest BCUT2D eigenvalue weighted by Gasteiger charge is 2.19. The minimum Gasteiger partial charge on any atom is -0.618 e. The van der Waals surface area contributed by atoms with Gasteiger partial charge in [0.25, 0.3) is 0 Å². The van der Waals surface area contributed by atoms with E-state index in [-0.39, 0.29) is 5.03 Å². The van der Waals surface area contributed by atoms with E-state index in [0.717, 1.165) is 0 Å². The first-order chi connectivity index (χ1) is 7.70. The molecule has 0 radical (unpaired) electrons. The standard InChI is InChI=1S/C11H10N2O2S/c1-9-11(13(14)8-7-12-9)16(15)10-5-3-2-4-6-10/h2-8H,1H3. The van der Waals surface area contributed by atoms with Crippen molar-refractivity contribution in [2.75, 3.05) is 0 Å². The first-order valence-electron chi connectivity index (χ1n) is 4.72. The van der Waals surface area contributed by atoms with Crippen molar-refractivity contribution in [3.8, 4) is 0 Å². The molecule has 0 amide bonds. The molecule has 0 N–H and O–H groups in total. The molecule has 0 aliphatic heterocycles. The third-order valence-corrected chi connectivity index (χ3v) is 3.64. The Hall–Kier alpha value is -1.75. The Morgan fingerprint density at radius 3 is 2.62 bits per heavy atom. The maximum Gasteiger partial charge on any atom is 0.307 e. The highest BCUT2D eigenvalue weighted by Crippen LogP contribution is 2.14. The maximum atomic E-state index is 12.1. The third kappa shape index (κ3) is 1.94. The summed E-state index contributed by atoms with van der Waals surface area (Å²) in [5.41, 5.74) is 0.486. The Morgan fingerprint density at radius 2 is 2.00 bits per heavy atom. The van der Waals surface area contributed by atoms with Crippen LogP contribution in [0.3, 0.4) is 0 Å². The number of nitrogens with zero attached hydrogens (tertiary/aromatic N) is 2. The quantitative estimate of drug-likeness (QED) is 0.579. The third-order valence-electron chi connectivity index (χ3n) is 2.11. The van der Waals surface area contributed by atoms with E-state index in [1.165, 1.54) is 12.4 Å². The number of hydrogen-bond donors (Lipinski definition) is 0. The van der Waals surface area contributed by atoms with Gasteiger partial charge in [0.15, 0.2) is 17.0 Å². The monoisotopic (exact) mass is 234 g/mol. The van der Waals surface area contributed by atoms with Gasteiger partial charge in [-0.2, -0.15) is 4.73 Å². The summed E-state index contributed by atoms with van der Waals surface area (Å²) in [7, 11) is -1.48. The molecule has 2 rings (SSSR count). The van der Waals surface area contributed by atoms with Crippen LogP contribution in [0.2, 0.25) is 0 Å². The number of rotatable bonds is 2. The zero-order valence-electron chi connectivity index (χ0n) is 8.66. The van der Waals surface area contributed by atoms with Crippen molar-refractivity contribution in [1.29, 1.82) is 0 Å². The molecule has 1 unspecified atom stereocenters. The Bertz CT molecular complexity index is 509. The van der Waals surface area contributed by atoms with Gasteiger partial charge in [-0.1, -0.05) is 18.2 Å². The molecular formula is C11H10N2O2S. The van der Waals surface area contributed by atoms with E-state index in [2.05, 4.69) is 4.98 Å². The first kappa shape index (κ1) is 10.8. The van der Waals surface area contributed by atoms with Gasteiger partial charge in [-0.15, -0.1) is 0 Å². The van der Waals surface area contributed by atoms with E-state index in [9.17, 15) is 9.42 Å². The van der Waals surface area contributed by atoms with Gasteiger partial charge in [0.2, 0.25) is 0 Å². The van der Waals surface area contributed by atoms with E-state index < -0.39 is 10.8 Å². The summed E-state index contributed by atoms with van der Waals surface area (Å²) in [5, 5.41) is 11.7. The summed E-state index contributed by atoms with van der Waals surface area (Å²) in [6, 6.07) is 8.86. The van der Waals surface area contributed by atoms with E-state index in [0.29, 0.717) is 15.3 Å².